The van der Waals surface area contributed by atoms with Crippen molar-refractivity contribution in [1.82, 2.24) is 4.90 Å². The van der Waals surface area contributed by atoms with Crippen LogP contribution in [0.5, 0.6) is 17.2 Å². The maximum Gasteiger partial charge on any atom is 0.258 e. The number of ether oxygens (including phenoxy) is 2. The maximum atomic E-state index is 13.7. The fraction of sp³-hybridized carbons (Fsp3) is 0.296. The number of anilines is 1. The number of carbonyl (C=O) groups is 1. The molecule has 1 aliphatic rings. The molecule has 0 radical (unpaired) electrons. The Morgan fingerprint density at radius 1 is 0.939 bits per heavy atom. The van der Waals surface area contributed by atoms with E-state index in [0.717, 1.165) is 49.7 Å². The molecule has 172 valence electrons. The number of nitrogens with zero attached hydrogens (tertiary/aromatic N) is 2. The third-order valence-corrected chi connectivity index (χ3v) is 6.15. The third-order valence-electron chi connectivity index (χ3n) is 6.15. The van der Waals surface area contributed by atoms with E-state index in [1.165, 1.54) is 5.56 Å². The van der Waals surface area contributed by atoms with Gasteiger partial charge in [0, 0.05) is 43.0 Å². The fourth-order valence-corrected chi connectivity index (χ4v) is 4.32. The van der Waals surface area contributed by atoms with Crippen LogP contribution in [0, 0.1) is 0 Å². The summed E-state index contributed by atoms with van der Waals surface area (Å²) in [6, 6.07) is 22.4. The summed E-state index contributed by atoms with van der Waals surface area (Å²) in [5.74, 6) is 1.71. The number of phenols is 1. The van der Waals surface area contributed by atoms with Gasteiger partial charge in [-0.05, 0) is 66.9 Å². The lowest BCUT2D eigenvalue weighted by Gasteiger charge is -2.38. The molecule has 0 saturated carbocycles. The Labute approximate surface area is 195 Å². The number of hydrogen-bond donors (Lipinski definition) is 1. The lowest BCUT2D eigenvalue weighted by molar-refractivity contribution is 0.0958. The summed E-state index contributed by atoms with van der Waals surface area (Å²) >= 11 is 0. The van der Waals surface area contributed by atoms with Gasteiger partial charge in [0.15, 0.2) is 0 Å². The molecular formula is C27H30N2O4. The lowest BCUT2D eigenvalue weighted by atomic mass is 10.00. The molecule has 1 aliphatic heterocycles. The Bertz CT molecular complexity index is 1060. The molecule has 4 rings (SSSR count). The van der Waals surface area contributed by atoms with E-state index >= 15 is 0 Å². The second-order valence-corrected chi connectivity index (χ2v) is 8.28. The van der Waals surface area contributed by atoms with Gasteiger partial charge in [0.05, 0.1) is 14.2 Å². The first kappa shape index (κ1) is 22.7. The largest absolute Gasteiger partial charge is 0.508 e. The highest BCUT2D eigenvalue weighted by molar-refractivity contribution is 6.06. The summed E-state index contributed by atoms with van der Waals surface area (Å²) in [5.41, 5.74) is 2.64. The van der Waals surface area contributed by atoms with Gasteiger partial charge in [0.1, 0.15) is 17.2 Å². The molecule has 33 heavy (non-hydrogen) atoms. The van der Waals surface area contributed by atoms with Crippen LogP contribution in [-0.2, 0) is 6.54 Å². The van der Waals surface area contributed by atoms with Crippen LogP contribution in [0.2, 0.25) is 0 Å². The molecule has 0 atom stereocenters. The molecule has 6 heteroatoms. The number of phenolic OH excluding ortho intramolecular Hbond substituents is 1. The average Bonchev–Trinajstić information content (AvgIpc) is 2.87. The highest BCUT2D eigenvalue weighted by Crippen LogP contribution is 2.29. The molecule has 1 saturated heterocycles. The predicted molar refractivity (Wildman–Crippen MR) is 129 cm³/mol. The van der Waals surface area contributed by atoms with Crippen molar-refractivity contribution >= 4 is 11.6 Å². The number of rotatable bonds is 7. The highest BCUT2D eigenvalue weighted by Gasteiger charge is 2.30. The first-order valence-corrected chi connectivity index (χ1v) is 11.2. The number of benzene rings is 3. The highest BCUT2D eigenvalue weighted by atomic mass is 16.5. The lowest BCUT2D eigenvalue weighted by Crippen LogP contribution is -2.47. The van der Waals surface area contributed by atoms with Crippen molar-refractivity contribution in [2.75, 3.05) is 32.2 Å². The van der Waals surface area contributed by atoms with Gasteiger partial charge < -0.3 is 19.5 Å². The molecular weight excluding hydrogens is 416 g/mol. The number of piperidine rings is 1. The van der Waals surface area contributed by atoms with Crippen LogP contribution in [-0.4, -0.2) is 49.3 Å². The molecule has 1 N–H and O–H groups in total. The number of methoxy groups -OCH3 is 2. The monoisotopic (exact) mass is 446 g/mol. The zero-order valence-corrected chi connectivity index (χ0v) is 19.1. The van der Waals surface area contributed by atoms with Crippen molar-refractivity contribution < 1.29 is 19.4 Å². The Kier molecular flexibility index (Phi) is 7.15. The van der Waals surface area contributed by atoms with Crippen molar-refractivity contribution in [3.05, 3.63) is 83.9 Å². The number of aromatic hydroxyl groups is 1. The minimum Gasteiger partial charge on any atom is -0.508 e. The van der Waals surface area contributed by atoms with Crippen LogP contribution in [0.4, 0.5) is 5.69 Å². The topological polar surface area (TPSA) is 62.2 Å². The fourth-order valence-electron chi connectivity index (χ4n) is 4.32. The first-order valence-electron chi connectivity index (χ1n) is 11.2. The van der Waals surface area contributed by atoms with Crippen molar-refractivity contribution in [3.8, 4) is 17.2 Å². The minimum atomic E-state index is -0.0251. The van der Waals surface area contributed by atoms with Gasteiger partial charge >= 0.3 is 0 Å². The molecule has 0 unspecified atom stereocenters. The van der Waals surface area contributed by atoms with E-state index in [2.05, 4.69) is 4.90 Å². The standard InChI is InChI=1S/C27H30N2O4/c1-32-25-12-8-21(9-13-25)27(31)29(23-4-3-5-26(18-23)33-2)22-14-16-28(17-15-22)19-20-6-10-24(30)11-7-20/h3-13,18,22,30H,14-17,19H2,1-2H3. The van der Waals surface area contributed by atoms with Gasteiger partial charge in [0.2, 0.25) is 0 Å². The van der Waals surface area contributed by atoms with E-state index in [1.54, 1.807) is 26.4 Å². The number of likely N-dealkylation sites (tertiary alicyclic amines) is 1. The number of carbonyl (C=O) groups excluding carboxylic acids is 1. The van der Waals surface area contributed by atoms with Crippen LogP contribution in [0.25, 0.3) is 0 Å². The van der Waals surface area contributed by atoms with Crippen LogP contribution >= 0.6 is 0 Å². The molecule has 0 bridgehead atoms. The summed E-state index contributed by atoms with van der Waals surface area (Å²) < 4.78 is 10.7. The molecule has 1 fully saturated rings. The Morgan fingerprint density at radius 3 is 2.24 bits per heavy atom. The second kappa shape index (κ2) is 10.4. The molecule has 0 aromatic heterocycles. The molecule has 3 aromatic carbocycles. The second-order valence-electron chi connectivity index (χ2n) is 8.28. The van der Waals surface area contributed by atoms with E-state index in [-0.39, 0.29) is 17.7 Å². The Hall–Kier alpha value is -3.51. The first-order chi connectivity index (χ1) is 16.1. The summed E-state index contributed by atoms with van der Waals surface area (Å²) in [5, 5.41) is 9.51. The molecule has 6 nitrogen and oxygen atoms in total. The smallest absolute Gasteiger partial charge is 0.258 e. The molecule has 0 aliphatic carbocycles. The zero-order valence-electron chi connectivity index (χ0n) is 19.1. The number of hydrogen-bond acceptors (Lipinski definition) is 5. The summed E-state index contributed by atoms with van der Waals surface area (Å²) in [4.78, 5) is 18.0. The van der Waals surface area contributed by atoms with Gasteiger partial charge in [-0.3, -0.25) is 9.69 Å². The quantitative estimate of drug-likeness (QED) is 0.569. The van der Waals surface area contributed by atoms with E-state index in [0.29, 0.717) is 5.56 Å². The third kappa shape index (κ3) is 5.46. The van der Waals surface area contributed by atoms with Gasteiger partial charge in [-0.2, -0.15) is 0 Å². The van der Waals surface area contributed by atoms with E-state index < -0.39 is 0 Å². The van der Waals surface area contributed by atoms with Gasteiger partial charge in [0.25, 0.3) is 5.91 Å². The SMILES string of the molecule is COc1ccc(C(=O)N(c2cccc(OC)c2)C2CCN(Cc3ccc(O)cc3)CC2)cc1. The summed E-state index contributed by atoms with van der Waals surface area (Å²) in [6.07, 6.45) is 1.74. The van der Waals surface area contributed by atoms with E-state index in [1.807, 2.05) is 65.6 Å². The predicted octanol–water partition coefficient (Wildman–Crippen LogP) is 4.72. The van der Waals surface area contributed by atoms with Gasteiger partial charge in [-0.25, -0.2) is 0 Å². The van der Waals surface area contributed by atoms with Crippen LogP contribution in [0.1, 0.15) is 28.8 Å². The van der Waals surface area contributed by atoms with Crippen LogP contribution in [0.15, 0.2) is 72.8 Å². The van der Waals surface area contributed by atoms with Crippen LogP contribution in [0.3, 0.4) is 0 Å². The van der Waals surface area contributed by atoms with Crippen molar-refractivity contribution in [2.24, 2.45) is 0 Å². The van der Waals surface area contributed by atoms with Crippen molar-refractivity contribution in [1.29, 1.82) is 0 Å². The number of amides is 1. The summed E-state index contributed by atoms with van der Waals surface area (Å²) in [7, 11) is 3.25. The minimum absolute atomic E-state index is 0.0251. The van der Waals surface area contributed by atoms with Crippen molar-refractivity contribution in [3.63, 3.8) is 0 Å². The van der Waals surface area contributed by atoms with E-state index in [4.69, 9.17) is 9.47 Å². The Balaban J connectivity index is 1.53. The van der Waals surface area contributed by atoms with Crippen molar-refractivity contribution in [2.45, 2.75) is 25.4 Å². The zero-order chi connectivity index (χ0) is 23.2. The van der Waals surface area contributed by atoms with Crippen LogP contribution < -0.4 is 14.4 Å². The average molecular weight is 447 g/mol. The maximum absolute atomic E-state index is 13.7. The van der Waals surface area contributed by atoms with Gasteiger partial charge in [-0.15, -0.1) is 0 Å². The molecule has 0 spiro atoms. The molecule has 1 heterocycles. The molecule has 1 amide bonds. The van der Waals surface area contributed by atoms with Gasteiger partial charge in [-0.1, -0.05) is 18.2 Å². The molecule has 3 aromatic rings. The normalized spacial score (nSPS) is 14.6. The summed E-state index contributed by atoms with van der Waals surface area (Å²) in [6.45, 7) is 2.61. The Morgan fingerprint density at radius 2 is 1.61 bits per heavy atom. The van der Waals surface area contributed by atoms with E-state index in [9.17, 15) is 9.90 Å².